The SMILES string of the molecule is CC(C)(C)OC=O.CN1CCC(N)(O)C1. The molecule has 5 nitrogen and oxygen atoms in total. The summed E-state index contributed by atoms with van der Waals surface area (Å²) in [6.07, 6.45) is 0.698. The molecule has 90 valence electrons. The minimum absolute atomic E-state index is 0.318. The van der Waals surface area contributed by atoms with Gasteiger partial charge in [-0.1, -0.05) is 0 Å². The van der Waals surface area contributed by atoms with Crippen molar-refractivity contribution in [1.82, 2.24) is 4.90 Å². The second-order valence-electron chi connectivity index (χ2n) is 4.92. The highest BCUT2D eigenvalue weighted by molar-refractivity contribution is 5.37. The van der Waals surface area contributed by atoms with E-state index in [9.17, 15) is 4.79 Å². The number of carbonyl (C=O) groups is 1. The van der Waals surface area contributed by atoms with Crippen LogP contribution in [0.1, 0.15) is 27.2 Å². The van der Waals surface area contributed by atoms with Crippen LogP contribution in [-0.2, 0) is 9.53 Å². The Morgan fingerprint density at radius 2 is 2.07 bits per heavy atom. The Morgan fingerprint density at radius 1 is 1.53 bits per heavy atom. The van der Waals surface area contributed by atoms with Gasteiger partial charge in [0.05, 0.1) is 0 Å². The number of likely N-dealkylation sites (N-methyl/N-ethyl adjacent to an activating group) is 1. The highest BCUT2D eigenvalue weighted by atomic mass is 16.5. The molecule has 1 saturated heterocycles. The van der Waals surface area contributed by atoms with Crippen molar-refractivity contribution in [2.75, 3.05) is 20.1 Å². The number of ether oxygens (including phenoxy) is 1. The fraction of sp³-hybridized carbons (Fsp3) is 0.900. The van der Waals surface area contributed by atoms with Gasteiger partial charge in [0.2, 0.25) is 0 Å². The van der Waals surface area contributed by atoms with E-state index in [1.54, 1.807) is 0 Å². The van der Waals surface area contributed by atoms with Gasteiger partial charge in [-0.15, -0.1) is 0 Å². The zero-order valence-corrected chi connectivity index (χ0v) is 9.99. The molecule has 1 aliphatic rings. The Labute approximate surface area is 91.2 Å². The molecule has 0 saturated carbocycles. The third kappa shape index (κ3) is 8.35. The standard InChI is InChI=1S/C5H12N2O.C5H10O2/c1-7-3-2-5(6,8)4-7;1-5(2,3)7-4-6/h8H,2-4,6H2,1H3;4H,1-3H3. The van der Waals surface area contributed by atoms with Crippen molar-refractivity contribution in [3.8, 4) is 0 Å². The summed E-state index contributed by atoms with van der Waals surface area (Å²) in [5.41, 5.74) is 4.16. The van der Waals surface area contributed by atoms with Crippen LogP contribution in [0.2, 0.25) is 0 Å². The van der Waals surface area contributed by atoms with Crippen molar-refractivity contribution in [2.45, 2.75) is 38.5 Å². The van der Waals surface area contributed by atoms with Gasteiger partial charge in [-0.3, -0.25) is 4.79 Å². The number of β-amino-alcohol motifs (C(OH)–C–C–N with tert-alkyl or cyclic N) is 1. The van der Waals surface area contributed by atoms with E-state index in [1.807, 2.05) is 32.7 Å². The lowest BCUT2D eigenvalue weighted by Gasteiger charge is -2.14. The molecule has 0 amide bonds. The van der Waals surface area contributed by atoms with E-state index < -0.39 is 5.72 Å². The summed E-state index contributed by atoms with van der Waals surface area (Å²) in [5.74, 6) is 0. The van der Waals surface area contributed by atoms with Gasteiger partial charge in [0.1, 0.15) is 11.3 Å². The summed E-state index contributed by atoms with van der Waals surface area (Å²) < 4.78 is 4.55. The quantitative estimate of drug-likeness (QED) is 0.476. The van der Waals surface area contributed by atoms with Crippen LogP contribution in [0.15, 0.2) is 0 Å². The third-order valence-electron chi connectivity index (χ3n) is 1.87. The summed E-state index contributed by atoms with van der Waals surface area (Å²) in [6.45, 7) is 7.43. The normalized spacial score (nSPS) is 26.8. The van der Waals surface area contributed by atoms with Crippen LogP contribution in [0.3, 0.4) is 0 Å². The number of rotatable bonds is 1. The highest BCUT2D eigenvalue weighted by Gasteiger charge is 2.29. The molecule has 0 radical (unpaired) electrons. The average Bonchev–Trinajstić information content (AvgIpc) is 2.27. The average molecular weight is 218 g/mol. The van der Waals surface area contributed by atoms with Gasteiger partial charge >= 0.3 is 0 Å². The van der Waals surface area contributed by atoms with Crippen LogP contribution in [0, 0.1) is 0 Å². The van der Waals surface area contributed by atoms with Crippen molar-refractivity contribution in [3.63, 3.8) is 0 Å². The van der Waals surface area contributed by atoms with Crippen molar-refractivity contribution in [3.05, 3.63) is 0 Å². The van der Waals surface area contributed by atoms with Crippen LogP contribution in [0.5, 0.6) is 0 Å². The van der Waals surface area contributed by atoms with E-state index in [-0.39, 0.29) is 5.60 Å². The first kappa shape index (κ1) is 14.3. The van der Waals surface area contributed by atoms with Crippen LogP contribution in [-0.4, -0.2) is 47.9 Å². The highest BCUT2D eigenvalue weighted by Crippen LogP contribution is 2.12. The molecule has 3 N–H and O–H groups in total. The molecule has 0 aliphatic carbocycles. The van der Waals surface area contributed by atoms with E-state index in [1.165, 1.54) is 0 Å². The van der Waals surface area contributed by atoms with E-state index in [0.29, 0.717) is 19.4 Å². The summed E-state index contributed by atoms with van der Waals surface area (Å²) in [4.78, 5) is 11.6. The smallest absolute Gasteiger partial charge is 0.293 e. The monoisotopic (exact) mass is 218 g/mol. The summed E-state index contributed by atoms with van der Waals surface area (Å²) in [6, 6.07) is 0. The van der Waals surface area contributed by atoms with Gasteiger partial charge in [-0.2, -0.15) is 0 Å². The molecule has 1 heterocycles. The minimum Gasteiger partial charge on any atom is -0.462 e. The second-order valence-corrected chi connectivity index (χ2v) is 4.92. The van der Waals surface area contributed by atoms with Crippen molar-refractivity contribution in [1.29, 1.82) is 0 Å². The fourth-order valence-corrected chi connectivity index (χ4v) is 1.15. The van der Waals surface area contributed by atoms with Crippen LogP contribution in [0.25, 0.3) is 0 Å². The zero-order valence-electron chi connectivity index (χ0n) is 9.99. The summed E-state index contributed by atoms with van der Waals surface area (Å²) in [7, 11) is 1.95. The first-order valence-electron chi connectivity index (χ1n) is 4.97. The maximum atomic E-state index is 9.60. The Morgan fingerprint density at radius 3 is 2.13 bits per heavy atom. The molecule has 1 fully saturated rings. The summed E-state index contributed by atoms with van der Waals surface area (Å²) in [5, 5.41) is 9.10. The van der Waals surface area contributed by atoms with E-state index in [4.69, 9.17) is 10.8 Å². The molecule has 0 spiro atoms. The zero-order chi connectivity index (χ0) is 12.1. The van der Waals surface area contributed by atoms with Gasteiger partial charge in [-0.25, -0.2) is 0 Å². The van der Waals surface area contributed by atoms with E-state index in [0.717, 1.165) is 6.54 Å². The van der Waals surface area contributed by atoms with Gasteiger partial charge in [0.15, 0.2) is 0 Å². The number of nitrogens with two attached hydrogens (primary N) is 1. The Balaban J connectivity index is 0.000000265. The molecule has 0 aromatic heterocycles. The van der Waals surface area contributed by atoms with E-state index in [2.05, 4.69) is 4.74 Å². The van der Waals surface area contributed by atoms with Crippen LogP contribution in [0.4, 0.5) is 0 Å². The van der Waals surface area contributed by atoms with Gasteiger partial charge < -0.3 is 20.5 Å². The molecule has 5 heteroatoms. The van der Waals surface area contributed by atoms with Gasteiger partial charge in [-0.05, 0) is 27.8 Å². The third-order valence-corrected chi connectivity index (χ3v) is 1.87. The first-order valence-corrected chi connectivity index (χ1v) is 4.97. The largest absolute Gasteiger partial charge is 0.462 e. The van der Waals surface area contributed by atoms with Crippen molar-refractivity contribution >= 4 is 6.47 Å². The predicted molar refractivity (Wildman–Crippen MR) is 58.2 cm³/mol. The maximum Gasteiger partial charge on any atom is 0.293 e. The molecular weight excluding hydrogens is 196 g/mol. The number of hydrogen-bond donors (Lipinski definition) is 2. The molecule has 15 heavy (non-hydrogen) atoms. The van der Waals surface area contributed by atoms with E-state index >= 15 is 0 Å². The Hall–Kier alpha value is -0.650. The lowest BCUT2D eigenvalue weighted by atomic mass is 10.2. The van der Waals surface area contributed by atoms with Crippen molar-refractivity contribution in [2.24, 2.45) is 5.73 Å². The summed E-state index contributed by atoms with van der Waals surface area (Å²) >= 11 is 0. The molecule has 0 aromatic rings. The number of aliphatic hydroxyl groups is 1. The van der Waals surface area contributed by atoms with Gasteiger partial charge in [0, 0.05) is 19.5 Å². The molecule has 1 rings (SSSR count). The number of nitrogens with zero attached hydrogens (tertiary/aromatic N) is 1. The molecule has 1 atom stereocenters. The fourth-order valence-electron chi connectivity index (χ4n) is 1.15. The predicted octanol–water partition coefficient (Wildman–Crippen LogP) is -0.0729. The van der Waals surface area contributed by atoms with Crippen molar-refractivity contribution < 1.29 is 14.6 Å². The van der Waals surface area contributed by atoms with Crippen LogP contribution >= 0.6 is 0 Å². The molecule has 1 aliphatic heterocycles. The van der Waals surface area contributed by atoms with Crippen LogP contribution < -0.4 is 5.73 Å². The lowest BCUT2D eigenvalue weighted by Crippen LogP contribution is -2.41. The Bertz CT molecular complexity index is 199. The molecule has 0 aromatic carbocycles. The minimum atomic E-state index is -0.908. The van der Waals surface area contributed by atoms with Gasteiger partial charge in [0.25, 0.3) is 6.47 Å². The Kier molecular flexibility index (Phi) is 5.20. The first-order chi connectivity index (χ1) is 6.66. The molecule has 0 bridgehead atoms. The molecule has 1 unspecified atom stereocenters. The number of likely N-dealkylation sites (tertiary alicyclic amines) is 1. The maximum absolute atomic E-state index is 9.60. The number of hydrogen-bond acceptors (Lipinski definition) is 5. The molecular formula is C10H22N2O3. The lowest BCUT2D eigenvalue weighted by molar-refractivity contribution is -0.138. The topological polar surface area (TPSA) is 75.8 Å². The number of carbonyl (C=O) groups excluding carboxylic acids is 1. The second kappa shape index (κ2) is 5.44.